The summed E-state index contributed by atoms with van der Waals surface area (Å²) in [7, 11) is 1.64. The van der Waals surface area contributed by atoms with Crippen molar-refractivity contribution in [1.29, 1.82) is 0 Å². The Hall–Kier alpha value is -4.12. The van der Waals surface area contributed by atoms with Gasteiger partial charge in [-0.2, -0.15) is 0 Å². The number of pyridine rings is 2. The maximum absolute atomic E-state index is 13.8. The molecule has 9 rings (SSSR count). The SMILES string of the molecule is COc1cc(C(=O)N2[C@H]3CC[C@@H]2[C@H](N)C3)cc2nc(-c3cc4ccc([C@@H](C)NC(=O)NC5CC6(CC6)C5)nc4n3CC3CC3)c(C)n12. The number of carbonyl (C=O) groups is 2. The smallest absolute Gasteiger partial charge is 0.315 e. The van der Waals surface area contributed by atoms with E-state index < -0.39 is 0 Å². The molecule has 3 aliphatic carbocycles. The van der Waals surface area contributed by atoms with Gasteiger partial charge in [-0.3, -0.25) is 9.20 Å². The van der Waals surface area contributed by atoms with Crippen LogP contribution in [-0.2, 0) is 6.54 Å². The lowest BCUT2D eigenvalue weighted by Gasteiger charge is -2.36. The Balaban J connectivity index is 1.04. The number of hydrogen-bond acceptors (Lipinski definition) is 6. The van der Waals surface area contributed by atoms with Crippen LogP contribution in [0.1, 0.15) is 92.5 Å². The number of nitrogens with zero attached hydrogens (tertiary/aromatic N) is 5. The summed E-state index contributed by atoms with van der Waals surface area (Å²) in [5.41, 5.74) is 12.7. The molecule has 0 radical (unpaired) electrons. The van der Waals surface area contributed by atoms with Crippen molar-refractivity contribution in [2.45, 2.75) is 108 Å². The molecule has 11 heteroatoms. The molecule has 6 heterocycles. The third-order valence-corrected chi connectivity index (χ3v) is 11.8. The van der Waals surface area contributed by atoms with Crippen LogP contribution >= 0.6 is 0 Å². The van der Waals surface area contributed by atoms with Crippen molar-refractivity contribution in [2.24, 2.45) is 17.1 Å². The van der Waals surface area contributed by atoms with E-state index in [9.17, 15) is 9.59 Å². The standard InChI is InChI=1S/C36H44N8O3/c1-19(38-35(46)39-24-16-36(17-24)10-11-36)27-8-6-22-12-29(42(33(22)40-27)18-21-4-5-21)32-20(2)43-30(41-32)13-23(14-31(43)47-3)34(45)44-25-7-9-28(44)26(37)15-25/h6,8,12-14,19,21,24-26,28H,4-5,7,9-11,15-18,37H2,1-3H3,(H2,38,39,46)/t19-,25+,26-,28-/m1/s1. The molecule has 5 fully saturated rings. The van der Waals surface area contributed by atoms with E-state index in [0.717, 1.165) is 72.5 Å². The Labute approximate surface area is 274 Å². The van der Waals surface area contributed by atoms with E-state index >= 15 is 0 Å². The molecule has 0 aromatic carbocycles. The molecule has 1 spiro atoms. The number of fused-ring (bicyclic) bond motifs is 4. The maximum Gasteiger partial charge on any atom is 0.315 e. The van der Waals surface area contributed by atoms with Crippen LogP contribution < -0.4 is 21.1 Å². The number of aromatic nitrogens is 4. The average molecular weight is 637 g/mol. The van der Waals surface area contributed by atoms with E-state index in [4.69, 9.17) is 20.4 Å². The summed E-state index contributed by atoms with van der Waals surface area (Å²) in [6.45, 7) is 4.90. The molecule has 4 aromatic rings. The van der Waals surface area contributed by atoms with Crippen LogP contribution in [0.5, 0.6) is 5.88 Å². The molecule has 246 valence electrons. The Morgan fingerprint density at radius 2 is 1.91 bits per heavy atom. The molecule has 2 saturated heterocycles. The van der Waals surface area contributed by atoms with Gasteiger partial charge >= 0.3 is 6.03 Å². The lowest BCUT2D eigenvalue weighted by Crippen LogP contribution is -2.49. The molecule has 2 aliphatic heterocycles. The van der Waals surface area contributed by atoms with Gasteiger partial charge in [-0.25, -0.2) is 14.8 Å². The zero-order valence-electron chi connectivity index (χ0n) is 27.5. The number of nitrogens with one attached hydrogen (secondary N) is 2. The van der Waals surface area contributed by atoms with Gasteiger partial charge in [0.25, 0.3) is 5.91 Å². The second kappa shape index (κ2) is 10.4. The highest BCUT2D eigenvalue weighted by atomic mass is 16.5. The van der Waals surface area contributed by atoms with Crippen LogP contribution in [0.3, 0.4) is 0 Å². The molecule has 0 unspecified atom stereocenters. The summed E-state index contributed by atoms with van der Waals surface area (Å²) in [5, 5.41) is 7.30. The van der Waals surface area contributed by atoms with E-state index in [1.807, 2.05) is 34.4 Å². The van der Waals surface area contributed by atoms with E-state index in [-0.39, 0.29) is 42.1 Å². The van der Waals surface area contributed by atoms with Gasteiger partial charge < -0.3 is 30.6 Å². The van der Waals surface area contributed by atoms with Crippen LogP contribution in [0.4, 0.5) is 4.79 Å². The van der Waals surface area contributed by atoms with Crippen molar-refractivity contribution < 1.29 is 14.3 Å². The molecular formula is C36H44N8O3. The number of rotatable bonds is 8. The third kappa shape index (κ3) is 4.79. The first-order valence-electron chi connectivity index (χ1n) is 17.4. The fourth-order valence-electron chi connectivity index (χ4n) is 8.79. The largest absolute Gasteiger partial charge is 0.482 e. The van der Waals surface area contributed by atoms with Crippen LogP contribution in [0.2, 0.25) is 0 Å². The van der Waals surface area contributed by atoms with Crippen molar-refractivity contribution >= 4 is 28.6 Å². The number of nitrogens with two attached hydrogens (primary N) is 1. The molecule has 2 bridgehead atoms. The van der Waals surface area contributed by atoms with Gasteiger partial charge in [-0.15, -0.1) is 0 Å². The number of aryl methyl sites for hydroxylation is 1. The number of imidazole rings is 1. The normalized spacial score (nSPS) is 25.0. The predicted molar refractivity (Wildman–Crippen MR) is 178 cm³/mol. The lowest BCUT2D eigenvalue weighted by atomic mass is 9.77. The monoisotopic (exact) mass is 636 g/mol. The number of urea groups is 1. The first-order valence-corrected chi connectivity index (χ1v) is 17.4. The Morgan fingerprint density at radius 1 is 1.11 bits per heavy atom. The zero-order valence-corrected chi connectivity index (χ0v) is 27.5. The number of methoxy groups -OCH3 is 1. The Kier molecular flexibility index (Phi) is 6.45. The number of amides is 3. The van der Waals surface area contributed by atoms with E-state index in [0.29, 0.717) is 28.4 Å². The zero-order chi connectivity index (χ0) is 32.2. The summed E-state index contributed by atoms with van der Waals surface area (Å²) in [4.78, 5) is 38.9. The van der Waals surface area contributed by atoms with Gasteiger partial charge in [-0.05, 0) is 107 Å². The lowest BCUT2D eigenvalue weighted by molar-refractivity contribution is 0.0726. The van der Waals surface area contributed by atoms with E-state index in [1.165, 1.54) is 25.7 Å². The summed E-state index contributed by atoms with van der Waals surface area (Å²) in [6, 6.07) is 10.3. The molecule has 4 N–H and O–H groups in total. The number of carbonyl (C=O) groups excluding carboxylic acids is 2. The van der Waals surface area contributed by atoms with E-state index in [2.05, 4.69) is 34.3 Å². The van der Waals surface area contributed by atoms with Gasteiger partial charge in [0.2, 0.25) is 0 Å². The minimum Gasteiger partial charge on any atom is -0.482 e. The molecule has 4 aromatic heterocycles. The van der Waals surface area contributed by atoms with Gasteiger partial charge in [0.1, 0.15) is 17.0 Å². The summed E-state index contributed by atoms with van der Waals surface area (Å²) < 4.78 is 10.1. The fraction of sp³-hybridized carbons (Fsp3) is 0.556. The molecule has 47 heavy (non-hydrogen) atoms. The van der Waals surface area contributed by atoms with Crippen molar-refractivity contribution in [3.8, 4) is 17.3 Å². The molecular weight excluding hydrogens is 592 g/mol. The molecule has 11 nitrogen and oxygen atoms in total. The third-order valence-electron chi connectivity index (χ3n) is 11.8. The van der Waals surface area contributed by atoms with Gasteiger partial charge in [0, 0.05) is 47.7 Å². The number of hydrogen-bond donors (Lipinski definition) is 3. The molecule has 3 amide bonds. The van der Waals surface area contributed by atoms with Crippen molar-refractivity contribution in [3.63, 3.8) is 0 Å². The minimum absolute atomic E-state index is 0.00366. The molecule has 3 saturated carbocycles. The van der Waals surface area contributed by atoms with Crippen molar-refractivity contribution in [3.05, 3.63) is 47.3 Å². The highest BCUT2D eigenvalue weighted by molar-refractivity contribution is 5.97. The minimum atomic E-state index is -0.236. The topological polar surface area (TPSA) is 132 Å². The van der Waals surface area contributed by atoms with Crippen molar-refractivity contribution in [2.75, 3.05) is 7.11 Å². The quantitative estimate of drug-likeness (QED) is 0.247. The fourth-order valence-corrected chi connectivity index (χ4v) is 8.79. The summed E-state index contributed by atoms with van der Waals surface area (Å²) in [5.74, 6) is 1.19. The van der Waals surface area contributed by atoms with Crippen LogP contribution in [0.15, 0.2) is 30.3 Å². The Bertz CT molecular complexity index is 1930. The molecule has 5 aliphatic rings. The van der Waals surface area contributed by atoms with Crippen LogP contribution in [0.25, 0.3) is 28.1 Å². The highest BCUT2D eigenvalue weighted by Gasteiger charge is 2.53. The first kappa shape index (κ1) is 29.1. The maximum atomic E-state index is 13.8. The highest BCUT2D eigenvalue weighted by Crippen LogP contribution is 2.60. The second-order valence-corrected chi connectivity index (χ2v) is 15.1. The summed E-state index contributed by atoms with van der Waals surface area (Å²) >= 11 is 0. The van der Waals surface area contributed by atoms with Gasteiger partial charge in [-0.1, -0.05) is 0 Å². The second-order valence-electron chi connectivity index (χ2n) is 15.1. The van der Waals surface area contributed by atoms with Crippen LogP contribution in [-0.4, -0.2) is 67.1 Å². The van der Waals surface area contributed by atoms with Gasteiger partial charge in [0.15, 0.2) is 5.88 Å². The molecule has 4 atom stereocenters. The first-order chi connectivity index (χ1) is 22.7. The van der Waals surface area contributed by atoms with E-state index in [1.54, 1.807) is 7.11 Å². The van der Waals surface area contributed by atoms with Crippen molar-refractivity contribution in [1.82, 2.24) is 34.5 Å². The predicted octanol–water partition coefficient (Wildman–Crippen LogP) is 5.09. The Morgan fingerprint density at radius 3 is 2.60 bits per heavy atom. The average Bonchev–Trinajstić information content (AvgIpc) is 3.90. The summed E-state index contributed by atoms with van der Waals surface area (Å²) in [6.07, 6.45) is 10.1. The van der Waals surface area contributed by atoms with Crippen LogP contribution in [0, 0.1) is 18.3 Å². The number of ether oxygens (including phenoxy) is 1. The van der Waals surface area contributed by atoms with Gasteiger partial charge in [0.05, 0.1) is 30.2 Å².